The molecule has 4 nitrogen and oxygen atoms in total. The summed E-state index contributed by atoms with van der Waals surface area (Å²) in [4.78, 5) is 24.1. The van der Waals surface area contributed by atoms with Gasteiger partial charge in [0.1, 0.15) is 17.1 Å². The van der Waals surface area contributed by atoms with Crippen molar-refractivity contribution in [3.63, 3.8) is 0 Å². The molecule has 104 valence electrons. The maximum Gasteiger partial charge on any atom is 0.259 e. The Morgan fingerprint density at radius 3 is 2.45 bits per heavy atom. The Balaban J connectivity index is 2.23. The predicted octanol–water partition coefficient (Wildman–Crippen LogP) is 2.75. The molecule has 1 amide bonds. The van der Waals surface area contributed by atoms with Crippen LogP contribution in [0, 0.1) is 13.8 Å². The molecular weight excluding hydrogens is 254 g/mol. The van der Waals surface area contributed by atoms with E-state index in [1.54, 1.807) is 13.8 Å². The van der Waals surface area contributed by atoms with Crippen LogP contribution < -0.4 is 10.7 Å². The first-order chi connectivity index (χ1) is 9.49. The van der Waals surface area contributed by atoms with Crippen molar-refractivity contribution in [2.24, 2.45) is 0 Å². The van der Waals surface area contributed by atoms with Crippen molar-refractivity contribution in [1.82, 2.24) is 5.32 Å². The van der Waals surface area contributed by atoms with Gasteiger partial charge in [-0.3, -0.25) is 9.59 Å². The summed E-state index contributed by atoms with van der Waals surface area (Å²) < 4.78 is 5.34. The molecule has 2 rings (SSSR count). The number of hydrogen-bond donors (Lipinski definition) is 1. The molecule has 0 aliphatic heterocycles. The van der Waals surface area contributed by atoms with E-state index in [-0.39, 0.29) is 17.0 Å². The smallest absolute Gasteiger partial charge is 0.259 e. The normalized spacial score (nSPS) is 11.9. The first-order valence-electron chi connectivity index (χ1n) is 6.46. The zero-order valence-corrected chi connectivity index (χ0v) is 11.8. The van der Waals surface area contributed by atoms with Crippen molar-refractivity contribution in [2.45, 2.75) is 26.8 Å². The first-order valence-corrected chi connectivity index (χ1v) is 6.46. The van der Waals surface area contributed by atoms with Crippen LogP contribution in [-0.4, -0.2) is 5.91 Å². The van der Waals surface area contributed by atoms with Gasteiger partial charge >= 0.3 is 0 Å². The lowest BCUT2D eigenvalue weighted by atomic mass is 10.1. The lowest BCUT2D eigenvalue weighted by Crippen LogP contribution is -2.31. The molecule has 1 heterocycles. The van der Waals surface area contributed by atoms with E-state index in [2.05, 4.69) is 5.32 Å². The minimum absolute atomic E-state index is 0.0679. The Bertz CT molecular complexity index is 674. The molecule has 0 radical (unpaired) electrons. The molecule has 1 aromatic carbocycles. The Morgan fingerprint density at radius 1 is 1.20 bits per heavy atom. The van der Waals surface area contributed by atoms with E-state index in [4.69, 9.17) is 4.42 Å². The molecule has 0 bridgehead atoms. The van der Waals surface area contributed by atoms with Gasteiger partial charge in [-0.05, 0) is 26.3 Å². The summed E-state index contributed by atoms with van der Waals surface area (Å²) in [6, 6.07) is 10.7. The summed E-state index contributed by atoms with van der Waals surface area (Å²) in [6.07, 6.45) is 0. The van der Waals surface area contributed by atoms with Crippen LogP contribution in [0.3, 0.4) is 0 Å². The summed E-state index contributed by atoms with van der Waals surface area (Å²) in [5.74, 6) is 0.431. The fourth-order valence-electron chi connectivity index (χ4n) is 2.12. The third-order valence-corrected chi connectivity index (χ3v) is 3.12. The van der Waals surface area contributed by atoms with E-state index < -0.39 is 5.91 Å². The molecule has 1 atom stereocenters. The van der Waals surface area contributed by atoms with E-state index in [9.17, 15) is 9.59 Å². The Hall–Kier alpha value is -2.36. The van der Waals surface area contributed by atoms with Gasteiger partial charge in [-0.2, -0.15) is 0 Å². The van der Waals surface area contributed by atoms with Crippen LogP contribution >= 0.6 is 0 Å². The number of carbonyl (C=O) groups excluding carboxylic acids is 1. The Morgan fingerprint density at radius 2 is 1.85 bits per heavy atom. The van der Waals surface area contributed by atoms with E-state index in [1.165, 1.54) is 6.07 Å². The summed E-state index contributed by atoms with van der Waals surface area (Å²) in [5.41, 5.74) is 0.734. The highest BCUT2D eigenvalue weighted by Gasteiger charge is 2.18. The monoisotopic (exact) mass is 271 g/mol. The molecule has 0 fully saturated rings. The number of benzene rings is 1. The standard InChI is InChI=1S/C16H17NO3/c1-10-9-14(18)15(12(3)20-10)16(19)17-11(2)13-7-5-4-6-8-13/h4-9,11H,1-3H3,(H,17,19). The number of hydrogen-bond acceptors (Lipinski definition) is 3. The van der Waals surface area contributed by atoms with Gasteiger partial charge in [-0.25, -0.2) is 0 Å². The number of aryl methyl sites for hydroxylation is 2. The van der Waals surface area contributed by atoms with Gasteiger partial charge in [0.15, 0.2) is 5.43 Å². The molecule has 0 saturated carbocycles. The molecule has 1 N–H and O–H groups in total. The van der Waals surface area contributed by atoms with Crippen molar-refractivity contribution < 1.29 is 9.21 Å². The largest absolute Gasteiger partial charge is 0.466 e. The van der Waals surface area contributed by atoms with Gasteiger partial charge in [0.05, 0.1) is 6.04 Å². The average molecular weight is 271 g/mol. The van der Waals surface area contributed by atoms with Crippen LogP contribution in [-0.2, 0) is 0 Å². The van der Waals surface area contributed by atoms with Crippen LogP contribution in [0.2, 0.25) is 0 Å². The molecule has 4 heteroatoms. The minimum atomic E-state index is -0.410. The highest BCUT2D eigenvalue weighted by atomic mass is 16.3. The van der Waals surface area contributed by atoms with E-state index in [1.807, 2.05) is 37.3 Å². The van der Waals surface area contributed by atoms with Crippen LogP contribution in [0.1, 0.15) is 40.4 Å². The summed E-state index contributed by atoms with van der Waals surface area (Å²) >= 11 is 0. The molecule has 1 unspecified atom stereocenters. The highest BCUT2D eigenvalue weighted by molar-refractivity contribution is 5.95. The Kier molecular flexibility index (Phi) is 4.03. The van der Waals surface area contributed by atoms with Crippen molar-refractivity contribution in [2.75, 3.05) is 0 Å². The maximum atomic E-state index is 12.2. The van der Waals surface area contributed by atoms with Gasteiger partial charge in [0.2, 0.25) is 0 Å². The topological polar surface area (TPSA) is 59.3 Å². The predicted molar refractivity (Wildman–Crippen MR) is 76.8 cm³/mol. The minimum Gasteiger partial charge on any atom is -0.466 e. The molecule has 0 aliphatic rings. The number of nitrogens with one attached hydrogen (secondary N) is 1. The maximum absolute atomic E-state index is 12.2. The van der Waals surface area contributed by atoms with E-state index in [0.29, 0.717) is 11.5 Å². The van der Waals surface area contributed by atoms with Gasteiger partial charge in [0, 0.05) is 6.07 Å². The van der Waals surface area contributed by atoms with Crippen LogP contribution in [0.25, 0.3) is 0 Å². The molecular formula is C16H17NO3. The second-order valence-electron chi connectivity index (χ2n) is 4.76. The summed E-state index contributed by atoms with van der Waals surface area (Å²) in [5, 5.41) is 2.81. The third-order valence-electron chi connectivity index (χ3n) is 3.12. The van der Waals surface area contributed by atoms with Gasteiger partial charge in [0.25, 0.3) is 5.91 Å². The van der Waals surface area contributed by atoms with Crippen molar-refractivity contribution in [3.05, 3.63) is 69.3 Å². The first kappa shape index (κ1) is 14.1. The fraction of sp³-hybridized carbons (Fsp3) is 0.250. The van der Waals surface area contributed by atoms with Crippen molar-refractivity contribution in [1.29, 1.82) is 0 Å². The quantitative estimate of drug-likeness (QED) is 0.933. The molecule has 1 aromatic heterocycles. The van der Waals surface area contributed by atoms with E-state index >= 15 is 0 Å². The lowest BCUT2D eigenvalue weighted by Gasteiger charge is -2.14. The van der Waals surface area contributed by atoms with Gasteiger partial charge in [-0.15, -0.1) is 0 Å². The molecule has 0 spiro atoms. The molecule has 0 saturated heterocycles. The Labute approximate surface area is 117 Å². The zero-order valence-electron chi connectivity index (χ0n) is 11.8. The van der Waals surface area contributed by atoms with Crippen LogP contribution in [0.5, 0.6) is 0 Å². The zero-order chi connectivity index (χ0) is 14.7. The lowest BCUT2D eigenvalue weighted by molar-refractivity contribution is 0.0935. The van der Waals surface area contributed by atoms with Gasteiger partial charge < -0.3 is 9.73 Å². The van der Waals surface area contributed by atoms with Crippen molar-refractivity contribution in [3.8, 4) is 0 Å². The molecule has 20 heavy (non-hydrogen) atoms. The third kappa shape index (κ3) is 2.96. The van der Waals surface area contributed by atoms with Crippen molar-refractivity contribution >= 4 is 5.91 Å². The second-order valence-corrected chi connectivity index (χ2v) is 4.76. The molecule has 0 aliphatic carbocycles. The average Bonchev–Trinajstić information content (AvgIpc) is 2.38. The number of rotatable bonds is 3. The van der Waals surface area contributed by atoms with E-state index in [0.717, 1.165) is 5.56 Å². The summed E-state index contributed by atoms with van der Waals surface area (Å²) in [6.45, 7) is 5.18. The summed E-state index contributed by atoms with van der Waals surface area (Å²) in [7, 11) is 0. The molecule has 2 aromatic rings. The van der Waals surface area contributed by atoms with Gasteiger partial charge in [-0.1, -0.05) is 30.3 Å². The fourth-order valence-corrected chi connectivity index (χ4v) is 2.12. The van der Waals surface area contributed by atoms with Crippen LogP contribution in [0.15, 0.2) is 45.6 Å². The SMILES string of the molecule is Cc1cc(=O)c(C(=O)NC(C)c2ccccc2)c(C)o1. The van der Waals surface area contributed by atoms with Crippen LogP contribution in [0.4, 0.5) is 0 Å². The second kappa shape index (κ2) is 5.74. The number of carbonyl (C=O) groups is 1. The highest BCUT2D eigenvalue weighted by Crippen LogP contribution is 2.13. The number of amides is 1.